The fourth-order valence-corrected chi connectivity index (χ4v) is 4.77. The Morgan fingerprint density at radius 1 is 0.750 bits per heavy atom. The number of rotatable bonds is 3. The molecule has 0 N–H and O–H groups in total. The largest absolute Gasteiger partial charge is 2.00 e. The van der Waals surface area contributed by atoms with Crippen molar-refractivity contribution in [2.45, 2.75) is 18.7 Å². The van der Waals surface area contributed by atoms with Gasteiger partial charge >= 0.3 is 20.4 Å². The van der Waals surface area contributed by atoms with Crippen LogP contribution in [0.25, 0.3) is 26.4 Å². The maximum Gasteiger partial charge on any atom is 2.00 e. The summed E-state index contributed by atoms with van der Waals surface area (Å²) < 4.78 is 29.5. The zero-order valence-electron chi connectivity index (χ0n) is 21.8. The summed E-state index contributed by atoms with van der Waals surface area (Å²) in [6.07, 6.45) is 5.20. The Bertz CT molecular complexity index is 1720. The molecule has 0 atom stereocenters. The molecule has 40 heavy (non-hydrogen) atoms. The van der Waals surface area contributed by atoms with Crippen molar-refractivity contribution in [3.63, 3.8) is 0 Å². The van der Waals surface area contributed by atoms with Gasteiger partial charge in [0.1, 0.15) is 10.0 Å². The molecule has 0 spiro atoms. The van der Waals surface area contributed by atoms with Crippen molar-refractivity contribution in [1.29, 1.82) is 0 Å². The number of hydrogen-bond donors (Lipinski definition) is 0. The van der Waals surface area contributed by atoms with Crippen LogP contribution in [0, 0.1) is 19.9 Å². The molecule has 2 aromatic heterocycles. The summed E-state index contributed by atoms with van der Waals surface area (Å²) in [5.41, 5.74) is 3.27. The average molecular weight is 659 g/mol. The van der Waals surface area contributed by atoms with Crippen molar-refractivity contribution in [1.82, 2.24) is 9.97 Å². The van der Waals surface area contributed by atoms with Crippen LogP contribution in [-0.2, 0) is 30.4 Å². The zero-order chi connectivity index (χ0) is 27.7. The van der Waals surface area contributed by atoms with Crippen LogP contribution in [0.2, 0.25) is 5.02 Å². The first-order valence-corrected chi connectivity index (χ1v) is 14.0. The Morgan fingerprint density at radius 3 is 2.05 bits per heavy atom. The van der Waals surface area contributed by atoms with E-state index in [0.717, 1.165) is 37.8 Å². The van der Waals surface area contributed by atoms with Crippen LogP contribution in [0.5, 0.6) is 0 Å². The van der Waals surface area contributed by atoms with E-state index in [2.05, 4.69) is 20.8 Å². The molecule has 0 saturated heterocycles. The van der Waals surface area contributed by atoms with Crippen LogP contribution in [0.1, 0.15) is 11.1 Å². The maximum atomic E-state index is 12.7. The first-order valence-electron chi connectivity index (χ1n) is 12.1. The molecule has 0 unspecified atom stereocenters. The van der Waals surface area contributed by atoms with E-state index >= 15 is 0 Å². The zero-order valence-corrected chi connectivity index (χ0v) is 24.9. The van der Waals surface area contributed by atoms with Crippen LogP contribution < -0.4 is 0 Å². The van der Waals surface area contributed by atoms with Gasteiger partial charge < -0.3 is 4.72 Å². The molecule has 0 fully saturated rings. The Labute approximate surface area is 254 Å². The number of nitrogens with zero attached hydrogens (tertiary/aromatic N) is 3. The van der Waals surface area contributed by atoms with E-state index < -0.39 is 10.0 Å². The molecule has 6 rings (SSSR count). The fraction of sp³-hybridized carbons (Fsp3) is 0.0625. The fourth-order valence-electron chi connectivity index (χ4n) is 3.66. The summed E-state index contributed by atoms with van der Waals surface area (Å²) >= 11 is 5.58. The third-order valence-corrected chi connectivity index (χ3v) is 7.17. The maximum absolute atomic E-state index is 12.7. The summed E-state index contributed by atoms with van der Waals surface area (Å²) in [5.74, 6) is 0. The van der Waals surface area contributed by atoms with Crippen molar-refractivity contribution in [3.05, 3.63) is 149 Å². The number of pyridine rings is 2. The Morgan fingerprint density at radius 2 is 1.45 bits per heavy atom. The van der Waals surface area contributed by atoms with E-state index in [9.17, 15) is 8.42 Å². The van der Waals surface area contributed by atoms with E-state index in [1.807, 2.05) is 74.5 Å². The average Bonchev–Trinajstić information content (AvgIpc) is 2.96. The number of fused-ring (bicyclic) bond motifs is 3. The van der Waals surface area contributed by atoms with E-state index in [-0.39, 0.29) is 25.3 Å². The SMILES string of the molecule is Cc1[c-]cc(Cl)cc1.Cc1ccc(S(=O)(=O)[N-]c2cccc3ccc4cccnc4c23)cc1.[Pd+2].c1ccncc1. The number of hydrogen-bond acceptors (Lipinski definition) is 4. The van der Waals surface area contributed by atoms with E-state index in [1.165, 1.54) is 0 Å². The topological polar surface area (TPSA) is 74.0 Å². The number of benzene rings is 4. The third-order valence-electron chi connectivity index (χ3n) is 5.63. The van der Waals surface area contributed by atoms with Gasteiger partial charge in [0.05, 0.1) is 10.4 Å². The number of aryl methyl sites for hydroxylation is 2. The van der Waals surface area contributed by atoms with Gasteiger partial charge in [0, 0.05) is 24.0 Å². The van der Waals surface area contributed by atoms with Crippen LogP contribution >= 0.6 is 11.6 Å². The van der Waals surface area contributed by atoms with Gasteiger partial charge in [-0.25, -0.2) is 8.42 Å². The molecule has 0 amide bonds. The normalized spacial score (nSPS) is 10.4. The molecule has 8 heteroatoms. The third kappa shape index (κ3) is 8.45. The van der Waals surface area contributed by atoms with E-state index in [4.69, 9.17) is 11.6 Å². The molecular weight excluding hydrogens is 632 g/mol. The molecule has 0 saturated carbocycles. The number of aromatic nitrogens is 2. The standard InChI is InChI=1S/C20H15N2O2S.C7H6Cl.C5H5N.Pd/c1-14-7-11-17(12-8-14)25(23,24)22-18-6-2-4-15-9-10-16-5-3-13-21-20(16)19(15)18;1-6-2-4-7(8)5-3-6;1-2-4-6-5-3-1;/h2-13H,1H3;2,4-5H,1H3;1-5H;/q2*-1;;+2. The van der Waals surface area contributed by atoms with Gasteiger partial charge in [-0.2, -0.15) is 41.4 Å². The molecule has 4 aromatic carbocycles. The van der Waals surface area contributed by atoms with Crippen LogP contribution in [0.4, 0.5) is 5.69 Å². The monoisotopic (exact) mass is 657 g/mol. The predicted molar refractivity (Wildman–Crippen MR) is 160 cm³/mol. The Hall–Kier alpha value is -3.60. The molecule has 6 aromatic rings. The minimum Gasteiger partial charge on any atom is -0.572 e. The van der Waals surface area contributed by atoms with E-state index in [0.29, 0.717) is 5.69 Å². The Balaban J connectivity index is 0.000000241. The smallest absolute Gasteiger partial charge is 0.572 e. The van der Waals surface area contributed by atoms with Crippen molar-refractivity contribution >= 4 is 49.0 Å². The van der Waals surface area contributed by atoms with Crippen LogP contribution in [0.3, 0.4) is 0 Å². The summed E-state index contributed by atoms with van der Waals surface area (Å²) in [4.78, 5) is 8.40. The molecule has 5 nitrogen and oxygen atoms in total. The van der Waals surface area contributed by atoms with Gasteiger partial charge in [-0.3, -0.25) is 9.97 Å². The van der Waals surface area contributed by atoms with E-state index in [1.54, 1.807) is 61.1 Å². The second-order valence-corrected chi connectivity index (χ2v) is 10.7. The summed E-state index contributed by atoms with van der Waals surface area (Å²) in [6, 6.07) is 34.1. The quantitative estimate of drug-likeness (QED) is 0.108. The molecule has 0 radical (unpaired) electrons. The molecule has 0 aliphatic carbocycles. The summed E-state index contributed by atoms with van der Waals surface area (Å²) in [5, 5.41) is 3.35. The van der Waals surface area contributed by atoms with Gasteiger partial charge in [-0.15, -0.1) is 5.69 Å². The number of halogens is 1. The molecule has 0 aliphatic heterocycles. The first-order chi connectivity index (χ1) is 18.8. The molecule has 204 valence electrons. The Kier molecular flexibility index (Phi) is 11.4. The molecule has 0 bridgehead atoms. The van der Waals surface area contributed by atoms with Gasteiger partial charge in [0.2, 0.25) is 0 Å². The van der Waals surface area contributed by atoms with Gasteiger partial charge in [-0.1, -0.05) is 72.1 Å². The first kappa shape index (κ1) is 30.9. The minimum atomic E-state index is -3.79. The van der Waals surface area contributed by atoms with Crippen LogP contribution in [-0.4, -0.2) is 18.4 Å². The van der Waals surface area contributed by atoms with Crippen LogP contribution in [0.15, 0.2) is 127 Å². The number of sulfonamides is 1. The second kappa shape index (κ2) is 14.7. The van der Waals surface area contributed by atoms with Crippen molar-refractivity contribution < 1.29 is 28.8 Å². The minimum absolute atomic E-state index is 0. The van der Waals surface area contributed by atoms with Gasteiger partial charge in [0.15, 0.2) is 0 Å². The summed E-state index contributed by atoms with van der Waals surface area (Å²) in [7, 11) is -3.79. The van der Waals surface area contributed by atoms with Crippen molar-refractivity contribution in [2.24, 2.45) is 0 Å². The summed E-state index contributed by atoms with van der Waals surface area (Å²) in [6.45, 7) is 3.90. The molecule has 0 aliphatic rings. The van der Waals surface area contributed by atoms with Gasteiger partial charge in [0.25, 0.3) is 0 Å². The second-order valence-electron chi connectivity index (χ2n) is 8.61. The van der Waals surface area contributed by atoms with Crippen molar-refractivity contribution in [2.75, 3.05) is 0 Å². The molecule has 2 heterocycles. The van der Waals surface area contributed by atoms with Gasteiger partial charge in [-0.05, 0) is 48.0 Å². The molecular formula is C32H26ClN3O2PdS. The van der Waals surface area contributed by atoms with Crippen molar-refractivity contribution in [3.8, 4) is 0 Å². The predicted octanol–water partition coefficient (Wildman–Crippen LogP) is 8.62.